The fourth-order valence-corrected chi connectivity index (χ4v) is 2.27. The molecule has 0 amide bonds. The van der Waals surface area contributed by atoms with Crippen molar-refractivity contribution in [3.8, 4) is 0 Å². The van der Waals surface area contributed by atoms with Gasteiger partial charge in [-0.2, -0.15) is 0 Å². The van der Waals surface area contributed by atoms with Gasteiger partial charge in [-0.1, -0.05) is 30.3 Å². The van der Waals surface area contributed by atoms with E-state index in [2.05, 4.69) is 0 Å². The van der Waals surface area contributed by atoms with Gasteiger partial charge >= 0.3 is 5.97 Å². The van der Waals surface area contributed by atoms with E-state index in [0.29, 0.717) is 5.56 Å². The summed E-state index contributed by atoms with van der Waals surface area (Å²) in [6, 6.07) is 8.50. The summed E-state index contributed by atoms with van der Waals surface area (Å²) in [6.45, 7) is 0. The zero-order valence-electron chi connectivity index (χ0n) is 8.25. The molecule has 1 aromatic carbocycles. The number of ether oxygens (including phenoxy) is 1. The van der Waals surface area contributed by atoms with Crippen molar-refractivity contribution in [2.45, 2.75) is 5.25 Å². The second kappa shape index (κ2) is 5.63. The minimum absolute atomic E-state index is 0.0775. The normalized spacial score (nSPS) is 14.5. The van der Waals surface area contributed by atoms with Crippen molar-refractivity contribution in [2.75, 3.05) is 13.0 Å². The van der Waals surface area contributed by atoms with Gasteiger partial charge in [0.25, 0.3) is 0 Å². The lowest BCUT2D eigenvalue weighted by atomic mass is 10.1. The number of carboxylic acid groups (broad SMARTS) is 1. The van der Waals surface area contributed by atoms with Crippen LogP contribution in [0.25, 0.3) is 0 Å². The van der Waals surface area contributed by atoms with Gasteiger partial charge in [-0.15, -0.1) is 0 Å². The van der Waals surface area contributed by atoms with E-state index in [1.807, 2.05) is 0 Å². The Labute approximate surface area is 90.3 Å². The van der Waals surface area contributed by atoms with Gasteiger partial charge in [-0.3, -0.25) is 9.00 Å². The number of methoxy groups -OCH3 is 1. The molecular weight excluding hydrogens is 216 g/mol. The summed E-state index contributed by atoms with van der Waals surface area (Å²) >= 11 is 0. The van der Waals surface area contributed by atoms with Crippen molar-refractivity contribution in [2.24, 2.45) is 0 Å². The summed E-state index contributed by atoms with van der Waals surface area (Å²) < 4.78 is 16.3. The predicted octanol–water partition coefficient (Wildman–Crippen LogP) is 1.16. The molecule has 0 bridgehead atoms. The summed E-state index contributed by atoms with van der Waals surface area (Å²) in [4.78, 5) is 11.0. The monoisotopic (exact) mass is 228 g/mol. The van der Waals surface area contributed by atoms with E-state index in [4.69, 9.17) is 9.84 Å². The maximum Gasteiger partial charge on any atom is 0.323 e. The molecule has 0 saturated carbocycles. The molecule has 15 heavy (non-hydrogen) atoms. The van der Waals surface area contributed by atoms with Crippen LogP contribution in [0.2, 0.25) is 0 Å². The van der Waals surface area contributed by atoms with Crippen molar-refractivity contribution in [3.05, 3.63) is 35.9 Å². The molecule has 82 valence electrons. The van der Waals surface area contributed by atoms with Gasteiger partial charge in [0.05, 0.1) is 10.8 Å². The molecule has 1 aromatic rings. The van der Waals surface area contributed by atoms with Gasteiger partial charge in [0, 0.05) is 7.11 Å². The van der Waals surface area contributed by atoms with E-state index >= 15 is 0 Å². The number of benzene rings is 1. The number of hydrogen-bond donors (Lipinski definition) is 1. The highest BCUT2D eigenvalue weighted by Gasteiger charge is 2.26. The molecule has 0 aliphatic heterocycles. The van der Waals surface area contributed by atoms with Crippen molar-refractivity contribution >= 4 is 16.8 Å². The van der Waals surface area contributed by atoms with Crippen molar-refractivity contribution in [1.82, 2.24) is 0 Å². The average Bonchev–Trinajstić information content (AvgIpc) is 2.19. The molecular formula is C10H12O4S. The third-order valence-electron chi connectivity index (χ3n) is 1.82. The van der Waals surface area contributed by atoms with Gasteiger partial charge in [0.1, 0.15) is 5.94 Å². The molecule has 0 heterocycles. The molecule has 2 atom stereocenters. The quantitative estimate of drug-likeness (QED) is 0.821. The summed E-state index contributed by atoms with van der Waals surface area (Å²) in [5.41, 5.74) is 0.528. The van der Waals surface area contributed by atoms with Gasteiger partial charge in [-0.05, 0) is 5.56 Å². The Bertz CT molecular complexity index is 350. The van der Waals surface area contributed by atoms with Crippen LogP contribution in [0.5, 0.6) is 0 Å². The van der Waals surface area contributed by atoms with Crippen molar-refractivity contribution in [3.63, 3.8) is 0 Å². The molecule has 0 spiro atoms. The van der Waals surface area contributed by atoms with E-state index in [0.717, 1.165) is 0 Å². The first kappa shape index (κ1) is 11.9. The number of carbonyl (C=O) groups is 1. The van der Waals surface area contributed by atoms with Gasteiger partial charge in [0.2, 0.25) is 0 Å². The molecule has 5 heteroatoms. The van der Waals surface area contributed by atoms with Crippen LogP contribution in [-0.4, -0.2) is 28.3 Å². The van der Waals surface area contributed by atoms with Crippen LogP contribution in [0.15, 0.2) is 30.3 Å². The first-order valence-electron chi connectivity index (χ1n) is 4.30. The molecule has 1 N–H and O–H groups in total. The van der Waals surface area contributed by atoms with Gasteiger partial charge in [-0.25, -0.2) is 0 Å². The predicted molar refractivity (Wildman–Crippen MR) is 56.8 cm³/mol. The molecule has 0 saturated heterocycles. The summed E-state index contributed by atoms with van der Waals surface area (Å²) in [6.07, 6.45) is 0. The lowest BCUT2D eigenvalue weighted by molar-refractivity contribution is -0.136. The van der Waals surface area contributed by atoms with Gasteiger partial charge < -0.3 is 9.84 Å². The Kier molecular flexibility index (Phi) is 4.45. The van der Waals surface area contributed by atoms with Crippen LogP contribution >= 0.6 is 0 Å². The SMILES string of the molecule is COCS(=O)C(C(=O)O)c1ccccc1. The Morgan fingerprint density at radius 2 is 2.07 bits per heavy atom. The standard InChI is InChI=1S/C10H12O4S/c1-14-7-15(13)9(10(11)12)8-5-3-2-4-6-8/h2-6,9H,7H2,1H3,(H,11,12). The topological polar surface area (TPSA) is 63.6 Å². The maximum absolute atomic E-state index is 11.6. The Balaban J connectivity index is 2.94. The molecule has 0 aliphatic carbocycles. The van der Waals surface area contributed by atoms with Crippen LogP contribution in [0.1, 0.15) is 10.8 Å². The molecule has 0 radical (unpaired) electrons. The van der Waals surface area contributed by atoms with E-state index in [-0.39, 0.29) is 5.94 Å². The van der Waals surface area contributed by atoms with Crippen LogP contribution in [0, 0.1) is 0 Å². The average molecular weight is 228 g/mol. The third kappa shape index (κ3) is 3.14. The van der Waals surface area contributed by atoms with Crippen LogP contribution in [-0.2, 0) is 20.3 Å². The summed E-state index contributed by atoms with van der Waals surface area (Å²) in [5, 5.41) is 7.95. The first-order valence-corrected chi connectivity index (χ1v) is 5.69. The van der Waals surface area contributed by atoms with Crippen LogP contribution in [0.3, 0.4) is 0 Å². The Morgan fingerprint density at radius 3 is 2.53 bits per heavy atom. The second-order valence-electron chi connectivity index (χ2n) is 2.92. The molecule has 1 rings (SSSR count). The van der Waals surface area contributed by atoms with Crippen molar-refractivity contribution in [1.29, 1.82) is 0 Å². The zero-order valence-corrected chi connectivity index (χ0v) is 9.07. The van der Waals surface area contributed by atoms with E-state index in [9.17, 15) is 9.00 Å². The Morgan fingerprint density at radius 1 is 1.47 bits per heavy atom. The highest BCUT2D eigenvalue weighted by atomic mass is 32.2. The Hall–Kier alpha value is -1.20. The maximum atomic E-state index is 11.6. The summed E-state index contributed by atoms with van der Waals surface area (Å²) in [7, 11) is -0.170. The minimum Gasteiger partial charge on any atom is -0.480 e. The first-order chi connectivity index (χ1) is 7.16. The fraction of sp³-hybridized carbons (Fsp3) is 0.300. The number of hydrogen-bond acceptors (Lipinski definition) is 3. The van der Waals surface area contributed by atoms with E-state index in [1.54, 1.807) is 30.3 Å². The largest absolute Gasteiger partial charge is 0.480 e. The molecule has 0 fully saturated rings. The minimum atomic E-state index is -1.56. The highest BCUT2D eigenvalue weighted by Crippen LogP contribution is 2.20. The lowest BCUT2D eigenvalue weighted by Crippen LogP contribution is -2.19. The molecule has 0 aromatic heterocycles. The number of rotatable bonds is 5. The highest BCUT2D eigenvalue weighted by molar-refractivity contribution is 7.85. The molecule has 0 aliphatic rings. The molecule has 2 unspecified atom stereocenters. The van der Waals surface area contributed by atoms with Crippen LogP contribution < -0.4 is 0 Å². The van der Waals surface area contributed by atoms with Crippen molar-refractivity contribution < 1.29 is 18.8 Å². The second-order valence-corrected chi connectivity index (χ2v) is 4.38. The van der Waals surface area contributed by atoms with Gasteiger partial charge in [0.15, 0.2) is 5.25 Å². The van der Waals surface area contributed by atoms with E-state index in [1.165, 1.54) is 7.11 Å². The lowest BCUT2D eigenvalue weighted by Gasteiger charge is -2.11. The zero-order chi connectivity index (χ0) is 11.3. The summed E-state index contributed by atoms with van der Waals surface area (Å²) in [5.74, 6) is -1.18. The number of aliphatic carboxylic acids is 1. The number of carboxylic acids is 1. The fourth-order valence-electron chi connectivity index (χ4n) is 1.22. The smallest absolute Gasteiger partial charge is 0.323 e. The van der Waals surface area contributed by atoms with Crippen LogP contribution in [0.4, 0.5) is 0 Å². The third-order valence-corrected chi connectivity index (χ3v) is 3.29. The van der Waals surface area contributed by atoms with E-state index < -0.39 is 22.0 Å². The molecule has 4 nitrogen and oxygen atoms in total.